The maximum absolute atomic E-state index is 6.46. The Bertz CT molecular complexity index is 482. The summed E-state index contributed by atoms with van der Waals surface area (Å²) >= 11 is 0. The van der Waals surface area contributed by atoms with E-state index < -0.39 is 102 Å². The summed E-state index contributed by atoms with van der Waals surface area (Å²) in [6.07, 6.45) is -16.4. The minimum Gasteiger partial charge on any atom is -0.690 e. The van der Waals surface area contributed by atoms with Crippen molar-refractivity contribution in [3.63, 3.8) is 0 Å². The summed E-state index contributed by atoms with van der Waals surface area (Å²) in [7, 11) is 112. The van der Waals surface area contributed by atoms with E-state index in [1.54, 1.807) is 0 Å². The molecule has 0 heterocycles. The van der Waals surface area contributed by atoms with E-state index in [1.165, 1.54) is 7.06 Å². The van der Waals surface area contributed by atoms with Crippen LogP contribution < -0.4 is 0 Å². The van der Waals surface area contributed by atoms with E-state index in [-0.39, 0.29) is 0 Å². The minimum atomic E-state index is -1.13. The zero-order valence-corrected chi connectivity index (χ0v) is 20.2. The number of rotatable bonds is 16. The van der Waals surface area contributed by atoms with Gasteiger partial charge in [0.25, 0.3) is 0 Å². The van der Waals surface area contributed by atoms with Crippen LogP contribution in [0.4, 0.5) is 0 Å². The van der Waals surface area contributed by atoms with Crippen LogP contribution in [0.2, 0.25) is 0 Å². The van der Waals surface area contributed by atoms with Crippen LogP contribution in [0.3, 0.4) is 0 Å². The topological polar surface area (TPSA) is 0 Å². The Labute approximate surface area is 247 Å². The van der Waals surface area contributed by atoms with Crippen LogP contribution in [0, 0.1) is 0 Å². The van der Waals surface area contributed by atoms with Gasteiger partial charge in [0.1, 0.15) is 0 Å². The average Bonchev–Trinajstić information content (AvgIpc) is 2.66. The second kappa shape index (κ2) is 17.2. The fourth-order valence-electron chi connectivity index (χ4n) is 5.52. The van der Waals surface area contributed by atoms with Crippen molar-refractivity contribution >= 4 is 248 Å². The van der Waals surface area contributed by atoms with E-state index in [0.717, 1.165) is 0 Å². The van der Waals surface area contributed by atoms with E-state index in [1.807, 2.05) is 0 Å². The van der Waals surface area contributed by atoms with Crippen molar-refractivity contribution < 1.29 is 0 Å². The van der Waals surface area contributed by atoms with Gasteiger partial charge in [0.05, 0.1) is 0 Å². The zero-order chi connectivity index (χ0) is 27.9. The Morgan fingerprint density at radius 1 is 0.286 bits per heavy atom. The summed E-state index contributed by atoms with van der Waals surface area (Å²) < 4.78 is 0. The third kappa shape index (κ3) is 10.3. The molecule has 0 spiro atoms. The van der Waals surface area contributed by atoms with Crippen molar-refractivity contribution in [1.82, 2.24) is 0 Å². The molecule has 0 saturated carbocycles. The predicted octanol–water partition coefficient (Wildman–Crippen LogP) is -13.3. The fraction of sp³-hybridized carbons (Fsp3) is 0. The largest absolute Gasteiger partial charge is 0.690 e. The molecule has 0 aromatic carbocycles. The molecule has 0 aromatic rings. The summed E-state index contributed by atoms with van der Waals surface area (Å²) in [6.45, 7) is 0. The van der Waals surface area contributed by atoms with Gasteiger partial charge in [-0.15, -0.1) is 0 Å². The first-order chi connectivity index (χ1) is 15.9. The Morgan fingerprint density at radius 3 is 0.629 bits per heavy atom. The third-order valence-corrected chi connectivity index (χ3v) is 6.89. The lowest BCUT2D eigenvalue weighted by molar-refractivity contribution is 3.23. The maximum Gasteiger partial charge on any atom is -0.0000000000000853 e. The highest BCUT2D eigenvalue weighted by molar-refractivity contribution is 8.30. The van der Waals surface area contributed by atoms with Gasteiger partial charge in [0, 0.05) is 0 Å². The standard InChI is InChI=1S/B35/c1-19-28(18)33(29(20(2)3)21(4)5)35(32(26(14)15)27(16)17)34(30(22(6)7)23(8)9)31(24(10)11)25(12)13/q-1. The zero-order valence-electron chi connectivity index (χ0n) is 20.2. The molecule has 0 amide bonds. The van der Waals surface area contributed by atoms with Gasteiger partial charge in [0.2, 0.25) is 0 Å². The van der Waals surface area contributed by atoms with Gasteiger partial charge >= 0.3 is 0 Å². The van der Waals surface area contributed by atoms with Crippen LogP contribution in [0.5, 0.6) is 0 Å². The molecular weight excluding hydrogens is 378 g/mol. The lowest BCUT2D eigenvalue weighted by Crippen LogP contribution is -2.90. The molecule has 0 unspecified atom stereocenters. The summed E-state index contributed by atoms with van der Waals surface area (Å²) in [4.78, 5) is 0. The van der Waals surface area contributed by atoms with Crippen LogP contribution in [-0.4, -0.2) is 248 Å². The normalized spacial score (nSPS) is 9.51. The van der Waals surface area contributed by atoms with E-state index >= 15 is 0 Å². The molecule has 35 heavy (non-hydrogen) atoms. The lowest BCUT2D eigenvalue weighted by atomic mass is 8.29. The first kappa shape index (κ1) is 37.3. The quantitative estimate of drug-likeness (QED) is 0.234. The molecule has 0 aliphatic heterocycles. The first-order valence-corrected chi connectivity index (χ1v) is 11.3. The van der Waals surface area contributed by atoms with Crippen LogP contribution >= 0.6 is 0 Å². The van der Waals surface area contributed by atoms with E-state index in [0.29, 0.717) is 0 Å². The van der Waals surface area contributed by atoms with Gasteiger partial charge in [-0.05, 0) is 234 Å². The van der Waals surface area contributed by atoms with Gasteiger partial charge < -0.3 is 7.74 Å². The molecule has 0 nitrogen and oxygen atoms in total. The highest BCUT2D eigenvalue weighted by Crippen LogP contribution is 2.16. The summed E-state index contributed by atoms with van der Waals surface area (Å²) in [5.74, 6) is 0. The highest BCUT2D eigenvalue weighted by atomic mass is 13.4. The van der Waals surface area contributed by atoms with Crippen molar-refractivity contribution in [3.05, 3.63) is 0 Å². The third-order valence-electron chi connectivity index (χ3n) is 6.89. The predicted molar refractivity (Wildman–Crippen MR) is 201 cm³/mol. The van der Waals surface area contributed by atoms with Crippen molar-refractivity contribution in [2.24, 2.45) is 0 Å². The second-order valence-electron chi connectivity index (χ2n) is 9.43. The molecule has 0 aliphatic carbocycles. The van der Waals surface area contributed by atoms with Crippen molar-refractivity contribution in [1.29, 1.82) is 0 Å². The minimum absolute atomic E-state index is 0.890. The van der Waals surface area contributed by atoms with Crippen LogP contribution in [0.1, 0.15) is 0 Å². The molecule has 0 bridgehead atoms. The van der Waals surface area contributed by atoms with Crippen molar-refractivity contribution in [2.75, 3.05) is 0 Å². The molecule has 0 saturated heterocycles. The van der Waals surface area contributed by atoms with E-state index in [4.69, 9.17) is 139 Å². The van der Waals surface area contributed by atoms with Crippen molar-refractivity contribution in [2.45, 2.75) is 0 Å². The van der Waals surface area contributed by atoms with Gasteiger partial charge in [0.15, 0.2) is 0 Å². The average molecular weight is 378 g/mol. The monoisotopic (exact) mass is 385 g/mol. The van der Waals surface area contributed by atoms with Gasteiger partial charge in [-0.25, -0.2) is 0 Å². The Balaban J connectivity index is 7.70. The molecule has 38 radical (unpaired) electrons. The van der Waals surface area contributed by atoms with Gasteiger partial charge in [-0.1, -0.05) is 0 Å². The molecule has 0 atom stereocenters. The molecular formula is B35-. The molecule has 0 aliphatic rings. The SMILES string of the molecule is [B]B([B])B(B([B])[B])B(B([B])[B][B-])B(B(B([B])[B])B([B])[B])B(B(B([B])[B])B([B])[B])B(B([B])[B])B([B])[B]. The van der Waals surface area contributed by atoms with Crippen LogP contribution in [0.15, 0.2) is 0 Å². The summed E-state index contributed by atoms with van der Waals surface area (Å²) in [5, 5.41) is 0. The molecule has 0 aromatic heterocycles. The Kier molecular flexibility index (Phi) is 18.3. The van der Waals surface area contributed by atoms with E-state index in [9.17, 15) is 0 Å². The molecule has 0 rings (SSSR count). The van der Waals surface area contributed by atoms with Gasteiger partial charge in [-0.2, -0.15) is 0 Å². The smallest absolute Gasteiger partial charge is 0.0000000000000853 e. The molecule has 0 fully saturated rings. The summed E-state index contributed by atoms with van der Waals surface area (Å²) in [5.41, 5.74) is 0. The lowest BCUT2D eigenvalue weighted by Gasteiger charge is -2.53. The number of hydrogen-bond donors (Lipinski definition) is 0. The molecule has 106 valence electrons. The second-order valence-corrected chi connectivity index (χ2v) is 9.43. The molecule has 0 N–H and O–H groups in total. The highest BCUT2D eigenvalue weighted by Gasteiger charge is 2.54. The Morgan fingerprint density at radius 2 is 0.457 bits per heavy atom. The fourth-order valence-corrected chi connectivity index (χ4v) is 5.52. The number of hydrogen-bond acceptors (Lipinski definition) is 0. The van der Waals surface area contributed by atoms with Gasteiger partial charge in [-0.3, -0.25) is 7.06 Å². The molecule has 35 heteroatoms. The van der Waals surface area contributed by atoms with Crippen LogP contribution in [-0.2, 0) is 0 Å². The Hall–Kier alpha value is 2.27. The maximum atomic E-state index is 6.46. The first-order valence-electron chi connectivity index (χ1n) is 11.3. The van der Waals surface area contributed by atoms with E-state index in [2.05, 4.69) is 0 Å². The van der Waals surface area contributed by atoms with Crippen molar-refractivity contribution in [3.8, 4) is 0 Å². The summed E-state index contributed by atoms with van der Waals surface area (Å²) in [6, 6.07) is 0. The van der Waals surface area contributed by atoms with Crippen LogP contribution in [0.25, 0.3) is 0 Å².